The van der Waals surface area contributed by atoms with Crippen LogP contribution >= 0.6 is 11.6 Å². The molecule has 0 radical (unpaired) electrons. The van der Waals surface area contributed by atoms with Crippen LogP contribution < -0.4 is 14.8 Å². The summed E-state index contributed by atoms with van der Waals surface area (Å²) in [7, 11) is 0. The van der Waals surface area contributed by atoms with Gasteiger partial charge in [-0.15, -0.1) is 0 Å². The van der Waals surface area contributed by atoms with Crippen molar-refractivity contribution in [1.29, 1.82) is 0 Å². The largest absolute Gasteiger partial charge is 0.490 e. The monoisotopic (exact) mass is 336 g/mol. The number of nitrogens with zero attached hydrogens (tertiary/aromatic N) is 1. The summed E-state index contributed by atoms with van der Waals surface area (Å²) in [5.74, 6) is 0.433. The molecular formula is C17H18ClFN2O2. The van der Waals surface area contributed by atoms with Crippen molar-refractivity contribution < 1.29 is 13.9 Å². The van der Waals surface area contributed by atoms with E-state index >= 15 is 0 Å². The SMILES string of the molecule is Fc1cc(Cl)ccc1OCc1cc(OC2CCNCC2)ccn1. The molecule has 1 fully saturated rings. The van der Waals surface area contributed by atoms with E-state index < -0.39 is 5.82 Å². The van der Waals surface area contributed by atoms with Crippen LogP contribution in [-0.2, 0) is 6.61 Å². The van der Waals surface area contributed by atoms with E-state index in [0.29, 0.717) is 10.7 Å². The summed E-state index contributed by atoms with van der Waals surface area (Å²) >= 11 is 5.72. The fourth-order valence-electron chi connectivity index (χ4n) is 2.46. The van der Waals surface area contributed by atoms with Crippen LogP contribution in [0.3, 0.4) is 0 Å². The van der Waals surface area contributed by atoms with Crippen LogP contribution in [0.5, 0.6) is 11.5 Å². The van der Waals surface area contributed by atoms with Gasteiger partial charge in [0.15, 0.2) is 11.6 Å². The van der Waals surface area contributed by atoms with E-state index in [1.54, 1.807) is 12.3 Å². The Hall–Kier alpha value is -1.85. The molecule has 6 heteroatoms. The van der Waals surface area contributed by atoms with Crippen molar-refractivity contribution in [2.24, 2.45) is 0 Å². The highest BCUT2D eigenvalue weighted by molar-refractivity contribution is 6.30. The summed E-state index contributed by atoms with van der Waals surface area (Å²) in [6, 6.07) is 7.97. The van der Waals surface area contributed by atoms with Gasteiger partial charge >= 0.3 is 0 Å². The molecule has 2 aromatic rings. The second-order valence-electron chi connectivity index (χ2n) is 5.41. The van der Waals surface area contributed by atoms with Gasteiger partial charge < -0.3 is 14.8 Å². The van der Waals surface area contributed by atoms with Gasteiger partial charge in [0.1, 0.15) is 18.5 Å². The summed E-state index contributed by atoms with van der Waals surface area (Å²) in [6.07, 6.45) is 3.88. The normalized spacial score (nSPS) is 15.4. The van der Waals surface area contributed by atoms with Gasteiger partial charge in [-0.25, -0.2) is 4.39 Å². The second-order valence-corrected chi connectivity index (χ2v) is 5.85. The van der Waals surface area contributed by atoms with Crippen LogP contribution in [0.1, 0.15) is 18.5 Å². The number of hydrogen-bond acceptors (Lipinski definition) is 4. The highest BCUT2D eigenvalue weighted by Crippen LogP contribution is 2.23. The van der Waals surface area contributed by atoms with E-state index in [1.807, 2.05) is 12.1 Å². The lowest BCUT2D eigenvalue weighted by molar-refractivity contribution is 0.162. The molecule has 0 bridgehead atoms. The van der Waals surface area contributed by atoms with Crippen LogP contribution in [0.4, 0.5) is 4.39 Å². The standard InChI is InChI=1S/C17H18ClFN2O2/c18-12-1-2-17(16(19)9-12)22-11-13-10-15(5-8-21-13)23-14-3-6-20-7-4-14/h1-2,5,8-10,14,20H,3-4,6-7,11H2. The summed E-state index contributed by atoms with van der Waals surface area (Å²) in [4.78, 5) is 4.23. The van der Waals surface area contributed by atoms with E-state index in [2.05, 4.69) is 10.3 Å². The zero-order valence-corrected chi connectivity index (χ0v) is 13.4. The molecule has 1 aliphatic heterocycles. The maximum atomic E-state index is 13.7. The number of aromatic nitrogens is 1. The molecule has 1 N–H and O–H groups in total. The van der Waals surface area contributed by atoms with Crippen molar-refractivity contribution in [2.75, 3.05) is 13.1 Å². The zero-order valence-electron chi connectivity index (χ0n) is 12.6. The van der Waals surface area contributed by atoms with Crippen molar-refractivity contribution in [3.63, 3.8) is 0 Å². The number of pyridine rings is 1. The third kappa shape index (κ3) is 4.56. The van der Waals surface area contributed by atoms with Gasteiger partial charge in [0, 0.05) is 17.3 Å². The lowest BCUT2D eigenvalue weighted by atomic mass is 10.1. The van der Waals surface area contributed by atoms with Gasteiger partial charge in [0.25, 0.3) is 0 Å². The lowest BCUT2D eigenvalue weighted by Gasteiger charge is -2.23. The van der Waals surface area contributed by atoms with Gasteiger partial charge in [-0.1, -0.05) is 11.6 Å². The molecule has 0 aliphatic carbocycles. The van der Waals surface area contributed by atoms with Crippen molar-refractivity contribution in [1.82, 2.24) is 10.3 Å². The van der Waals surface area contributed by atoms with Crippen LogP contribution in [0.25, 0.3) is 0 Å². The van der Waals surface area contributed by atoms with Gasteiger partial charge in [-0.2, -0.15) is 0 Å². The Kier molecular flexibility index (Phi) is 5.31. The number of hydrogen-bond donors (Lipinski definition) is 1. The molecule has 122 valence electrons. The number of rotatable bonds is 5. The Morgan fingerprint density at radius 3 is 2.83 bits per heavy atom. The Morgan fingerprint density at radius 2 is 2.04 bits per heavy atom. The Labute approximate surface area is 139 Å². The van der Waals surface area contributed by atoms with E-state index in [-0.39, 0.29) is 18.5 Å². The second kappa shape index (κ2) is 7.62. The average molecular weight is 337 g/mol. The summed E-state index contributed by atoms with van der Waals surface area (Å²) in [5.41, 5.74) is 0.686. The molecule has 1 aliphatic rings. The van der Waals surface area contributed by atoms with Gasteiger partial charge in [0.05, 0.1) is 5.69 Å². The maximum Gasteiger partial charge on any atom is 0.166 e. The average Bonchev–Trinajstić information content (AvgIpc) is 2.55. The van der Waals surface area contributed by atoms with Crippen LogP contribution in [0.15, 0.2) is 36.5 Å². The molecule has 0 atom stereocenters. The number of ether oxygens (including phenoxy) is 2. The molecule has 0 saturated carbocycles. The third-order valence-electron chi connectivity index (χ3n) is 3.65. The number of benzene rings is 1. The number of piperidine rings is 1. The van der Waals surface area contributed by atoms with Crippen LogP contribution in [0.2, 0.25) is 5.02 Å². The Bertz CT molecular complexity index is 663. The smallest absolute Gasteiger partial charge is 0.166 e. The van der Waals surface area contributed by atoms with Crippen molar-refractivity contribution in [3.05, 3.63) is 53.1 Å². The molecule has 1 aromatic carbocycles. The van der Waals surface area contributed by atoms with Crippen LogP contribution in [-0.4, -0.2) is 24.2 Å². The Balaban J connectivity index is 1.60. The molecule has 0 spiro atoms. The molecular weight excluding hydrogens is 319 g/mol. The lowest BCUT2D eigenvalue weighted by Crippen LogP contribution is -2.34. The molecule has 3 rings (SSSR count). The summed E-state index contributed by atoms with van der Waals surface area (Å²) in [5, 5.41) is 3.64. The van der Waals surface area contributed by atoms with E-state index in [0.717, 1.165) is 31.7 Å². The van der Waals surface area contributed by atoms with Crippen molar-refractivity contribution >= 4 is 11.6 Å². The molecule has 1 aromatic heterocycles. The molecule has 2 heterocycles. The highest BCUT2D eigenvalue weighted by Gasteiger charge is 2.14. The molecule has 1 saturated heterocycles. The zero-order chi connectivity index (χ0) is 16.1. The molecule has 4 nitrogen and oxygen atoms in total. The number of nitrogens with one attached hydrogen (secondary N) is 1. The predicted molar refractivity (Wildman–Crippen MR) is 86.5 cm³/mol. The first-order valence-corrected chi connectivity index (χ1v) is 7.98. The van der Waals surface area contributed by atoms with Gasteiger partial charge in [0.2, 0.25) is 0 Å². The topological polar surface area (TPSA) is 43.4 Å². The van der Waals surface area contributed by atoms with Crippen molar-refractivity contribution in [3.8, 4) is 11.5 Å². The maximum absolute atomic E-state index is 13.7. The molecule has 23 heavy (non-hydrogen) atoms. The summed E-state index contributed by atoms with van der Waals surface area (Å²) in [6.45, 7) is 2.12. The number of halogens is 2. The van der Waals surface area contributed by atoms with Gasteiger partial charge in [-0.05, 0) is 50.2 Å². The fraction of sp³-hybridized carbons (Fsp3) is 0.353. The van der Waals surface area contributed by atoms with E-state index in [4.69, 9.17) is 21.1 Å². The first-order valence-electron chi connectivity index (χ1n) is 7.61. The third-order valence-corrected chi connectivity index (χ3v) is 3.88. The van der Waals surface area contributed by atoms with Crippen molar-refractivity contribution in [2.45, 2.75) is 25.6 Å². The quantitative estimate of drug-likeness (QED) is 0.906. The Morgan fingerprint density at radius 1 is 1.22 bits per heavy atom. The highest BCUT2D eigenvalue weighted by atomic mass is 35.5. The summed E-state index contributed by atoms with van der Waals surface area (Å²) < 4.78 is 25.1. The van der Waals surface area contributed by atoms with Crippen LogP contribution in [0, 0.1) is 5.82 Å². The predicted octanol–water partition coefficient (Wildman–Crippen LogP) is 3.58. The first kappa shape index (κ1) is 16.0. The first-order chi connectivity index (χ1) is 11.2. The fourth-order valence-corrected chi connectivity index (χ4v) is 2.62. The minimum absolute atomic E-state index is 0.154. The molecule has 0 unspecified atom stereocenters. The van der Waals surface area contributed by atoms with E-state index in [1.165, 1.54) is 12.1 Å². The van der Waals surface area contributed by atoms with E-state index in [9.17, 15) is 4.39 Å². The molecule has 0 amide bonds. The van der Waals surface area contributed by atoms with Gasteiger partial charge in [-0.3, -0.25) is 4.98 Å². The minimum Gasteiger partial charge on any atom is -0.490 e. The minimum atomic E-state index is -0.486.